The Morgan fingerprint density at radius 1 is 1.00 bits per heavy atom. The van der Waals surface area contributed by atoms with Gasteiger partial charge < -0.3 is 21.1 Å². The van der Waals surface area contributed by atoms with E-state index >= 15 is 0 Å². The molecule has 1 amide bonds. The highest BCUT2D eigenvalue weighted by Crippen LogP contribution is 2.42. The number of nitrogen functional groups attached to an aromatic ring is 2. The van der Waals surface area contributed by atoms with Gasteiger partial charge in [0, 0.05) is 11.4 Å². The highest BCUT2D eigenvalue weighted by molar-refractivity contribution is 6.03. The summed E-state index contributed by atoms with van der Waals surface area (Å²) in [5.74, 6) is 0.672. The van der Waals surface area contributed by atoms with Gasteiger partial charge in [0.05, 0.1) is 12.2 Å². The summed E-state index contributed by atoms with van der Waals surface area (Å²) in [6.07, 6.45) is 1.23. The maximum atomic E-state index is 13.2. The van der Waals surface area contributed by atoms with Crippen molar-refractivity contribution in [2.75, 3.05) is 16.4 Å². The number of ether oxygens (including phenoxy) is 1. The normalized spacial score (nSPS) is 15.8. The second-order valence-corrected chi connectivity index (χ2v) is 6.16. The Kier molecular flexibility index (Phi) is 4.09. The third kappa shape index (κ3) is 2.66. The first-order valence-electron chi connectivity index (χ1n) is 8.24. The van der Waals surface area contributed by atoms with E-state index in [9.17, 15) is 4.79 Å². The summed E-state index contributed by atoms with van der Waals surface area (Å²) in [5.41, 5.74) is 13.9. The van der Waals surface area contributed by atoms with Crippen LogP contribution in [-0.2, 0) is 11.3 Å². The molecule has 0 saturated carbocycles. The topological polar surface area (TPSA) is 81.6 Å². The number of anilines is 3. The summed E-state index contributed by atoms with van der Waals surface area (Å²) in [6.45, 7) is 4.41. The van der Waals surface area contributed by atoms with Gasteiger partial charge in [-0.15, -0.1) is 0 Å². The molecule has 0 saturated heterocycles. The van der Waals surface area contributed by atoms with E-state index in [1.165, 1.54) is 0 Å². The Labute approximate surface area is 142 Å². The average Bonchev–Trinajstić information content (AvgIpc) is 2.59. The first kappa shape index (κ1) is 16.2. The number of fused-ring (bicyclic) bond motifs is 1. The zero-order chi connectivity index (χ0) is 17.3. The lowest BCUT2D eigenvalue weighted by Gasteiger charge is -2.42. The SMILES string of the molecule is CCC1(CC)Oc2ccc(N)cc2N(Cc2ccc(N)cc2)C1=O. The summed E-state index contributed by atoms with van der Waals surface area (Å²) < 4.78 is 6.11. The van der Waals surface area contributed by atoms with Crippen LogP contribution in [0.4, 0.5) is 17.1 Å². The van der Waals surface area contributed by atoms with E-state index in [4.69, 9.17) is 16.2 Å². The van der Waals surface area contributed by atoms with Crippen molar-refractivity contribution in [1.82, 2.24) is 0 Å². The van der Waals surface area contributed by atoms with Gasteiger partial charge in [-0.1, -0.05) is 26.0 Å². The molecule has 0 radical (unpaired) electrons. The first-order chi connectivity index (χ1) is 11.5. The van der Waals surface area contributed by atoms with E-state index in [-0.39, 0.29) is 5.91 Å². The largest absolute Gasteiger partial charge is 0.475 e. The molecule has 126 valence electrons. The van der Waals surface area contributed by atoms with Crippen LogP contribution in [0.25, 0.3) is 0 Å². The van der Waals surface area contributed by atoms with Crippen LogP contribution in [-0.4, -0.2) is 11.5 Å². The summed E-state index contributed by atoms with van der Waals surface area (Å²) in [6, 6.07) is 13.0. The average molecular weight is 325 g/mol. The molecule has 1 heterocycles. The fourth-order valence-corrected chi connectivity index (χ4v) is 3.10. The van der Waals surface area contributed by atoms with Crippen LogP contribution in [0.15, 0.2) is 42.5 Å². The highest BCUT2D eigenvalue weighted by atomic mass is 16.5. The number of nitrogens with zero attached hydrogens (tertiary/aromatic N) is 1. The molecule has 5 heteroatoms. The van der Waals surface area contributed by atoms with E-state index < -0.39 is 5.60 Å². The molecule has 2 aromatic carbocycles. The molecule has 0 aliphatic carbocycles. The van der Waals surface area contributed by atoms with Crippen molar-refractivity contribution >= 4 is 23.0 Å². The molecular formula is C19H23N3O2. The zero-order valence-corrected chi connectivity index (χ0v) is 14.1. The molecule has 3 rings (SSSR count). The van der Waals surface area contributed by atoms with Gasteiger partial charge in [-0.05, 0) is 48.7 Å². The van der Waals surface area contributed by atoms with Crippen molar-refractivity contribution in [3.05, 3.63) is 48.0 Å². The minimum atomic E-state index is -0.822. The van der Waals surface area contributed by atoms with E-state index in [2.05, 4.69) is 0 Å². The molecule has 0 atom stereocenters. The first-order valence-corrected chi connectivity index (χ1v) is 8.24. The van der Waals surface area contributed by atoms with Gasteiger partial charge in [0.15, 0.2) is 5.60 Å². The summed E-state index contributed by atoms with van der Waals surface area (Å²) in [7, 11) is 0. The van der Waals surface area contributed by atoms with Crippen LogP contribution in [0.2, 0.25) is 0 Å². The number of hydrogen-bond donors (Lipinski definition) is 2. The molecular weight excluding hydrogens is 302 g/mol. The monoisotopic (exact) mass is 325 g/mol. The lowest BCUT2D eigenvalue weighted by molar-refractivity contribution is -0.136. The molecule has 4 N–H and O–H groups in total. The van der Waals surface area contributed by atoms with Gasteiger partial charge in [0.25, 0.3) is 5.91 Å². The predicted molar refractivity (Wildman–Crippen MR) is 96.8 cm³/mol. The maximum absolute atomic E-state index is 13.2. The maximum Gasteiger partial charge on any atom is 0.271 e. The summed E-state index contributed by atoms with van der Waals surface area (Å²) >= 11 is 0. The Morgan fingerprint density at radius 3 is 2.25 bits per heavy atom. The molecule has 2 aromatic rings. The van der Waals surface area contributed by atoms with Crippen molar-refractivity contribution in [2.45, 2.75) is 38.8 Å². The fraction of sp³-hybridized carbons (Fsp3) is 0.316. The third-order valence-corrected chi connectivity index (χ3v) is 4.68. The van der Waals surface area contributed by atoms with Crippen molar-refractivity contribution in [1.29, 1.82) is 0 Å². The van der Waals surface area contributed by atoms with Crippen LogP contribution >= 0.6 is 0 Å². The molecule has 24 heavy (non-hydrogen) atoms. The Hall–Kier alpha value is -2.69. The number of rotatable bonds is 4. The minimum Gasteiger partial charge on any atom is -0.475 e. The number of carbonyl (C=O) groups excluding carboxylic acids is 1. The number of amides is 1. The highest BCUT2D eigenvalue weighted by Gasteiger charge is 2.45. The second kappa shape index (κ2) is 6.07. The molecule has 5 nitrogen and oxygen atoms in total. The molecule has 0 fully saturated rings. The minimum absolute atomic E-state index is 0.0255. The molecule has 0 spiro atoms. The number of benzene rings is 2. The van der Waals surface area contributed by atoms with Crippen molar-refractivity contribution in [3.8, 4) is 5.75 Å². The van der Waals surface area contributed by atoms with Gasteiger partial charge in [-0.3, -0.25) is 4.79 Å². The van der Waals surface area contributed by atoms with Gasteiger partial charge in [-0.2, -0.15) is 0 Å². The number of carbonyl (C=O) groups is 1. The van der Waals surface area contributed by atoms with E-state index in [1.54, 1.807) is 17.0 Å². The van der Waals surface area contributed by atoms with Gasteiger partial charge >= 0.3 is 0 Å². The van der Waals surface area contributed by atoms with Crippen LogP contribution in [0.3, 0.4) is 0 Å². The zero-order valence-electron chi connectivity index (χ0n) is 14.1. The third-order valence-electron chi connectivity index (χ3n) is 4.68. The smallest absolute Gasteiger partial charge is 0.271 e. The van der Waals surface area contributed by atoms with Crippen molar-refractivity contribution in [2.24, 2.45) is 0 Å². The van der Waals surface area contributed by atoms with Crippen LogP contribution in [0.1, 0.15) is 32.3 Å². The van der Waals surface area contributed by atoms with Crippen molar-refractivity contribution in [3.63, 3.8) is 0 Å². The Bertz CT molecular complexity index is 752. The quantitative estimate of drug-likeness (QED) is 0.845. The van der Waals surface area contributed by atoms with Crippen LogP contribution in [0, 0.1) is 0 Å². The Balaban J connectivity index is 2.05. The lowest BCUT2D eigenvalue weighted by atomic mass is 9.92. The van der Waals surface area contributed by atoms with E-state index in [1.807, 2.05) is 44.2 Å². The lowest BCUT2D eigenvalue weighted by Crippen LogP contribution is -2.55. The van der Waals surface area contributed by atoms with E-state index in [0.717, 1.165) is 5.56 Å². The van der Waals surface area contributed by atoms with Crippen LogP contribution in [0.5, 0.6) is 5.75 Å². The Morgan fingerprint density at radius 2 is 1.62 bits per heavy atom. The van der Waals surface area contributed by atoms with Crippen molar-refractivity contribution < 1.29 is 9.53 Å². The predicted octanol–water partition coefficient (Wildman–Crippen LogP) is 3.34. The second-order valence-electron chi connectivity index (χ2n) is 6.16. The number of hydrogen-bond acceptors (Lipinski definition) is 4. The van der Waals surface area contributed by atoms with Gasteiger partial charge in [-0.25, -0.2) is 0 Å². The summed E-state index contributed by atoms with van der Waals surface area (Å²) in [4.78, 5) is 15.0. The van der Waals surface area contributed by atoms with Gasteiger partial charge in [0.2, 0.25) is 0 Å². The molecule has 1 aliphatic heterocycles. The molecule has 1 aliphatic rings. The molecule has 0 unspecified atom stereocenters. The van der Waals surface area contributed by atoms with Gasteiger partial charge in [0.1, 0.15) is 5.75 Å². The standard InChI is InChI=1S/C19H23N3O2/c1-3-19(4-2)18(23)22(12-13-5-7-14(20)8-6-13)16-11-15(21)9-10-17(16)24-19/h5-11H,3-4,12,20-21H2,1-2H3. The molecule has 0 bridgehead atoms. The molecule has 0 aromatic heterocycles. The van der Waals surface area contributed by atoms with E-state index in [0.29, 0.717) is 42.2 Å². The van der Waals surface area contributed by atoms with Crippen LogP contribution < -0.4 is 21.1 Å². The number of nitrogens with two attached hydrogens (primary N) is 2. The summed E-state index contributed by atoms with van der Waals surface area (Å²) in [5, 5.41) is 0. The fourth-order valence-electron chi connectivity index (χ4n) is 3.10.